The third-order valence-corrected chi connectivity index (χ3v) is 5.93. The molecule has 10 heteroatoms. The van der Waals surface area contributed by atoms with Gasteiger partial charge in [0.15, 0.2) is 11.5 Å². The number of carboxylic acid groups (broad SMARTS) is 2. The van der Waals surface area contributed by atoms with Gasteiger partial charge in [-0.3, -0.25) is 0 Å². The third kappa shape index (κ3) is 6.61. The van der Waals surface area contributed by atoms with Crippen LogP contribution in [0, 0.1) is 0 Å². The van der Waals surface area contributed by atoms with Crippen molar-refractivity contribution in [3.05, 3.63) is 60.3 Å². The number of rotatable bonds is 7. The monoisotopic (exact) mass is 494 g/mol. The maximum absolute atomic E-state index is 9.10. The normalized spacial score (nSPS) is 14.7. The number of fused-ring (bicyclic) bond motifs is 1. The molecule has 2 aliphatic heterocycles. The minimum atomic E-state index is -1.82. The molecule has 2 aromatic carbocycles. The van der Waals surface area contributed by atoms with Crippen LogP contribution in [0.15, 0.2) is 54.7 Å². The second-order valence-corrected chi connectivity index (χ2v) is 8.48. The quantitative estimate of drug-likeness (QED) is 0.336. The summed E-state index contributed by atoms with van der Waals surface area (Å²) in [7, 11) is 0. The van der Waals surface area contributed by atoms with Gasteiger partial charge in [0.05, 0.1) is 11.4 Å². The number of hydrogen-bond donors (Lipinski definition) is 3. The van der Waals surface area contributed by atoms with Crippen molar-refractivity contribution in [1.29, 1.82) is 0 Å². The van der Waals surface area contributed by atoms with E-state index in [0.29, 0.717) is 13.2 Å². The molecule has 1 fully saturated rings. The molecule has 1 saturated heterocycles. The van der Waals surface area contributed by atoms with Crippen LogP contribution in [0.2, 0.25) is 0 Å². The van der Waals surface area contributed by atoms with Gasteiger partial charge in [0.25, 0.3) is 0 Å². The fraction of sp³-hybridized carbons (Fsp3) is 0.346. The van der Waals surface area contributed by atoms with Crippen molar-refractivity contribution in [2.24, 2.45) is 0 Å². The number of nitrogens with zero attached hydrogens (tertiary/aromatic N) is 3. The Hall–Kier alpha value is -3.89. The molecule has 0 amide bonds. The second-order valence-electron chi connectivity index (χ2n) is 8.48. The number of aliphatic carboxylic acids is 2. The molecule has 10 nitrogen and oxygen atoms in total. The number of para-hydroxylation sites is 1. The molecule has 0 saturated carbocycles. The number of ether oxygens (including phenoxy) is 2. The lowest BCUT2D eigenvalue weighted by atomic mass is 10.1. The molecule has 0 aliphatic carbocycles. The Kier molecular flexibility index (Phi) is 8.53. The van der Waals surface area contributed by atoms with Crippen LogP contribution in [0.3, 0.4) is 0 Å². The van der Waals surface area contributed by atoms with Gasteiger partial charge in [-0.25, -0.2) is 14.3 Å². The van der Waals surface area contributed by atoms with E-state index in [0.717, 1.165) is 48.1 Å². The molecule has 0 bridgehead atoms. The minimum Gasteiger partial charge on any atom is -0.486 e. The zero-order valence-electron chi connectivity index (χ0n) is 19.9. The highest BCUT2D eigenvalue weighted by Crippen LogP contribution is 2.35. The molecule has 0 spiro atoms. The second kappa shape index (κ2) is 12.2. The van der Waals surface area contributed by atoms with E-state index in [1.54, 1.807) is 0 Å². The lowest BCUT2D eigenvalue weighted by Crippen LogP contribution is -2.29. The van der Waals surface area contributed by atoms with E-state index in [4.69, 9.17) is 34.4 Å². The zero-order valence-corrected chi connectivity index (χ0v) is 19.9. The molecule has 1 aromatic heterocycles. The lowest BCUT2D eigenvalue weighted by Gasteiger charge is -2.18. The molecule has 3 aromatic rings. The van der Waals surface area contributed by atoms with E-state index in [1.165, 1.54) is 31.5 Å². The van der Waals surface area contributed by atoms with Gasteiger partial charge in [0.1, 0.15) is 13.2 Å². The Labute approximate surface area is 209 Å². The van der Waals surface area contributed by atoms with E-state index >= 15 is 0 Å². The van der Waals surface area contributed by atoms with Gasteiger partial charge in [-0.1, -0.05) is 18.2 Å². The van der Waals surface area contributed by atoms with Gasteiger partial charge in [-0.15, -0.1) is 0 Å². The Morgan fingerprint density at radius 3 is 2.33 bits per heavy atom. The first-order valence-electron chi connectivity index (χ1n) is 11.9. The highest BCUT2D eigenvalue weighted by molar-refractivity contribution is 6.27. The molecule has 2 aliphatic rings. The van der Waals surface area contributed by atoms with Crippen LogP contribution >= 0.6 is 0 Å². The van der Waals surface area contributed by atoms with Crippen molar-refractivity contribution >= 4 is 11.9 Å². The first kappa shape index (κ1) is 25.2. The molecule has 190 valence electrons. The number of nitrogens with one attached hydrogen (secondary N) is 1. The summed E-state index contributed by atoms with van der Waals surface area (Å²) in [5.41, 5.74) is 4.26. The minimum absolute atomic E-state index is 0.583. The largest absolute Gasteiger partial charge is 0.486 e. The smallest absolute Gasteiger partial charge is 0.414 e. The van der Waals surface area contributed by atoms with Crippen molar-refractivity contribution < 1.29 is 29.3 Å². The van der Waals surface area contributed by atoms with Crippen LogP contribution in [0.5, 0.6) is 11.5 Å². The molecule has 5 rings (SSSR count). The van der Waals surface area contributed by atoms with Crippen LogP contribution in [0.1, 0.15) is 18.4 Å². The van der Waals surface area contributed by atoms with E-state index in [9.17, 15) is 0 Å². The molecule has 0 atom stereocenters. The van der Waals surface area contributed by atoms with Crippen LogP contribution in [0.4, 0.5) is 0 Å². The molecule has 3 N–H and O–H groups in total. The Bertz CT molecular complexity index is 1160. The molecule has 0 radical (unpaired) electrons. The van der Waals surface area contributed by atoms with Gasteiger partial charge in [-0.2, -0.15) is 5.10 Å². The molecule has 36 heavy (non-hydrogen) atoms. The highest BCUT2D eigenvalue weighted by atomic mass is 16.6. The molecular formula is C26H30N4O6. The predicted octanol–water partition coefficient (Wildman–Crippen LogP) is 2.65. The van der Waals surface area contributed by atoms with E-state index in [-0.39, 0.29) is 0 Å². The third-order valence-electron chi connectivity index (χ3n) is 5.93. The van der Waals surface area contributed by atoms with Gasteiger partial charge >= 0.3 is 11.9 Å². The van der Waals surface area contributed by atoms with Crippen molar-refractivity contribution in [3.63, 3.8) is 0 Å². The average molecular weight is 495 g/mol. The lowest BCUT2D eigenvalue weighted by molar-refractivity contribution is -0.159. The number of carboxylic acids is 2. The van der Waals surface area contributed by atoms with Crippen molar-refractivity contribution in [1.82, 2.24) is 20.0 Å². The summed E-state index contributed by atoms with van der Waals surface area (Å²) in [6.45, 7) is 6.51. The number of hydrogen-bond acceptors (Lipinski definition) is 7. The fourth-order valence-electron chi connectivity index (χ4n) is 4.15. The number of benzene rings is 2. The summed E-state index contributed by atoms with van der Waals surface area (Å²) >= 11 is 0. The van der Waals surface area contributed by atoms with Gasteiger partial charge in [0, 0.05) is 37.0 Å². The summed E-state index contributed by atoms with van der Waals surface area (Å²) in [4.78, 5) is 20.7. The Morgan fingerprint density at radius 2 is 1.64 bits per heavy atom. The predicted molar refractivity (Wildman–Crippen MR) is 133 cm³/mol. The Balaban J connectivity index is 0.000000455. The average Bonchev–Trinajstić information content (AvgIpc) is 3.57. The SMILES string of the molecule is O=C(O)C(=O)O.c1ccc(-n2cc(CNCCN3CCCC3)c(-c3ccc4c(c3)OCCO4)n2)cc1. The number of aromatic nitrogens is 2. The van der Waals surface area contributed by atoms with E-state index in [1.807, 2.05) is 35.0 Å². The zero-order chi connectivity index (χ0) is 25.3. The van der Waals surface area contributed by atoms with Crippen molar-refractivity contribution in [2.75, 3.05) is 39.4 Å². The van der Waals surface area contributed by atoms with Crippen LogP contribution in [-0.4, -0.2) is 76.2 Å². The first-order chi connectivity index (χ1) is 17.5. The maximum atomic E-state index is 9.10. The summed E-state index contributed by atoms with van der Waals surface area (Å²) in [5.74, 6) is -2.05. The molecule has 0 unspecified atom stereocenters. The van der Waals surface area contributed by atoms with Crippen LogP contribution in [-0.2, 0) is 16.1 Å². The van der Waals surface area contributed by atoms with Crippen molar-refractivity contribution in [2.45, 2.75) is 19.4 Å². The van der Waals surface area contributed by atoms with Crippen LogP contribution in [0.25, 0.3) is 16.9 Å². The number of carbonyl (C=O) groups is 2. The van der Waals surface area contributed by atoms with Gasteiger partial charge in [-0.05, 0) is 56.3 Å². The van der Waals surface area contributed by atoms with Crippen LogP contribution < -0.4 is 14.8 Å². The number of likely N-dealkylation sites (tertiary alicyclic amines) is 1. The van der Waals surface area contributed by atoms with E-state index < -0.39 is 11.9 Å². The van der Waals surface area contributed by atoms with Gasteiger partial charge in [0.2, 0.25) is 0 Å². The topological polar surface area (TPSA) is 126 Å². The van der Waals surface area contributed by atoms with Gasteiger partial charge < -0.3 is 29.9 Å². The summed E-state index contributed by atoms with van der Waals surface area (Å²) < 4.78 is 13.4. The first-order valence-corrected chi connectivity index (χ1v) is 11.9. The molecular weight excluding hydrogens is 464 g/mol. The van der Waals surface area contributed by atoms with E-state index in [2.05, 4.69) is 34.6 Å². The highest BCUT2D eigenvalue weighted by Gasteiger charge is 2.17. The fourth-order valence-corrected chi connectivity index (χ4v) is 4.15. The molecule has 3 heterocycles. The Morgan fingerprint density at radius 1 is 0.944 bits per heavy atom. The maximum Gasteiger partial charge on any atom is 0.414 e. The summed E-state index contributed by atoms with van der Waals surface area (Å²) in [5, 5.41) is 23.3. The summed E-state index contributed by atoms with van der Waals surface area (Å²) in [6, 6.07) is 16.3. The summed E-state index contributed by atoms with van der Waals surface area (Å²) in [6.07, 6.45) is 4.79. The van der Waals surface area contributed by atoms with Crippen molar-refractivity contribution in [3.8, 4) is 28.4 Å². The standard InChI is InChI=1S/C24H28N4O2.C2H2O4/c1-2-6-21(7-3-1)28-18-20(17-25-10-13-27-11-4-5-12-27)24(26-28)19-8-9-22-23(16-19)30-15-14-29-22;3-1(4)2(5)6/h1-3,6-9,16,18,25H,4-5,10-15,17H2;(H,3,4)(H,5,6).